The first-order valence-electron chi connectivity index (χ1n) is 9.80. The van der Waals surface area contributed by atoms with E-state index in [1.54, 1.807) is 29.8 Å². The maximum absolute atomic E-state index is 13.9. The Bertz CT molecular complexity index is 1380. The molecule has 0 spiro atoms. The minimum atomic E-state index is -4.68. The second-order valence-corrected chi connectivity index (χ2v) is 7.18. The van der Waals surface area contributed by atoms with Crippen molar-refractivity contribution >= 4 is 22.5 Å². The van der Waals surface area contributed by atoms with Gasteiger partial charge in [0.25, 0.3) is 0 Å². The molecule has 3 aromatic heterocycles. The summed E-state index contributed by atoms with van der Waals surface area (Å²) in [4.78, 5) is 15.0. The fourth-order valence-electron chi connectivity index (χ4n) is 3.35. The van der Waals surface area contributed by atoms with Gasteiger partial charge in [0, 0.05) is 35.9 Å². The van der Waals surface area contributed by atoms with Crippen LogP contribution >= 0.6 is 0 Å². The average Bonchev–Trinajstić information content (AvgIpc) is 3.21. The molecule has 1 aromatic carbocycles. The van der Waals surface area contributed by atoms with Crippen LogP contribution < -0.4 is 11.1 Å². The summed E-state index contributed by atoms with van der Waals surface area (Å²) in [6.07, 6.45) is 1.62. The minimum Gasteiger partial charge on any atom is -0.383 e. The molecule has 0 saturated carbocycles. The van der Waals surface area contributed by atoms with Crippen LogP contribution in [0.15, 0.2) is 66.2 Å². The van der Waals surface area contributed by atoms with E-state index < -0.39 is 23.9 Å². The fraction of sp³-hybridized carbons (Fsp3) is 0.143. The van der Waals surface area contributed by atoms with Gasteiger partial charge in [0.15, 0.2) is 0 Å². The summed E-state index contributed by atoms with van der Waals surface area (Å²) in [5.41, 5.74) is 15.1. The van der Waals surface area contributed by atoms with E-state index in [2.05, 4.69) is 30.4 Å². The Kier molecular flexibility index (Phi) is 5.92. The van der Waals surface area contributed by atoms with Crippen LogP contribution in [0.5, 0.6) is 0 Å². The molecule has 9 nitrogen and oxygen atoms in total. The highest BCUT2D eigenvalue weighted by molar-refractivity contribution is 6.00. The van der Waals surface area contributed by atoms with Crippen LogP contribution in [-0.2, 0) is 6.18 Å². The van der Waals surface area contributed by atoms with E-state index in [1.165, 1.54) is 24.7 Å². The maximum Gasteiger partial charge on any atom is 0.451 e. The zero-order chi connectivity index (χ0) is 24.5. The van der Waals surface area contributed by atoms with Gasteiger partial charge in [-0.25, -0.2) is 29.9 Å². The molecular weight excluding hydrogens is 454 g/mol. The number of para-hydroxylation sites is 1. The predicted molar refractivity (Wildman–Crippen MR) is 116 cm³/mol. The summed E-state index contributed by atoms with van der Waals surface area (Å²) in [7, 11) is 0. The molecule has 0 radical (unpaired) electrons. The Hall–Kier alpha value is -4.42. The zero-order valence-electron chi connectivity index (χ0n) is 17.5. The number of benzene rings is 1. The first-order valence-corrected chi connectivity index (χ1v) is 9.80. The number of nitrogens with two attached hydrogens (primary N) is 1. The number of halogens is 4. The predicted octanol–water partition coefficient (Wildman–Crippen LogP) is 5.17. The third-order valence-electron chi connectivity index (χ3n) is 5.08. The monoisotopic (exact) mass is 471 g/mol. The van der Waals surface area contributed by atoms with Crippen molar-refractivity contribution in [1.29, 1.82) is 5.53 Å². The van der Waals surface area contributed by atoms with Crippen LogP contribution in [0.25, 0.3) is 22.2 Å². The number of anilines is 2. The molecule has 174 valence electrons. The number of aromatic nitrogens is 5. The van der Waals surface area contributed by atoms with Gasteiger partial charge >= 0.3 is 6.18 Å². The molecule has 0 aliphatic carbocycles. The van der Waals surface area contributed by atoms with Gasteiger partial charge in [-0.05, 0) is 19.1 Å². The maximum atomic E-state index is 13.9. The van der Waals surface area contributed by atoms with Crippen LogP contribution in [0.2, 0.25) is 0 Å². The first-order chi connectivity index (χ1) is 16.2. The van der Waals surface area contributed by atoms with E-state index in [1.807, 2.05) is 0 Å². The Morgan fingerprint density at radius 1 is 1.18 bits per heavy atom. The van der Waals surface area contributed by atoms with Gasteiger partial charge in [-0.2, -0.15) is 18.3 Å². The number of hydrogen-bond donors (Lipinski definition) is 3. The summed E-state index contributed by atoms with van der Waals surface area (Å²) >= 11 is 0. The van der Waals surface area contributed by atoms with Crippen molar-refractivity contribution in [3.63, 3.8) is 0 Å². The topological polar surface area (TPSA) is 131 Å². The van der Waals surface area contributed by atoms with Crippen molar-refractivity contribution in [2.45, 2.75) is 19.1 Å². The van der Waals surface area contributed by atoms with E-state index >= 15 is 0 Å². The quantitative estimate of drug-likeness (QED) is 0.263. The molecule has 13 heteroatoms. The molecule has 34 heavy (non-hydrogen) atoms. The fourth-order valence-corrected chi connectivity index (χ4v) is 3.35. The van der Waals surface area contributed by atoms with Crippen molar-refractivity contribution in [3.8, 4) is 11.1 Å². The van der Waals surface area contributed by atoms with Gasteiger partial charge < -0.3 is 15.6 Å². The third kappa shape index (κ3) is 4.27. The molecule has 0 bridgehead atoms. The van der Waals surface area contributed by atoms with Gasteiger partial charge in [-0.15, -0.1) is 0 Å². The van der Waals surface area contributed by atoms with Gasteiger partial charge in [-0.1, -0.05) is 12.1 Å². The van der Waals surface area contributed by atoms with E-state index in [0.29, 0.717) is 16.6 Å². The SMILES string of the molecule is CC(/C(=C/Nc1ccccc1F)N=N)n1cc(-c2cnc(C(F)(F)F)nc2)c2c(N)ncnc21. The summed E-state index contributed by atoms with van der Waals surface area (Å²) in [6.45, 7) is 1.72. The summed E-state index contributed by atoms with van der Waals surface area (Å²) in [6, 6.07) is 5.41. The first kappa shape index (κ1) is 22.8. The van der Waals surface area contributed by atoms with Crippen molar-refractivity contribution in [2.75, 3.05) is 11.1 Å². The molecule has 3 heterocycles. The number of rotatable bonds is 6. The van der Waals surface area contributed by atoms with Crippen LogP contribution in [0.4, 0.5) is 29.1 Å². The molecule has 0 aliphatic heterocycles. The lowest BCUT2D eigenvalue weighted by molar-refractivity contribution is -0.144. The highest BCUT2D eigenvalue weighted by Crippen LogP contribution is 2.36. The molecule has 0 amide bonds. The molecule has 0 fully saturated rings. The number of allylic oxidation sites excluding steroid dienone is 1. The molecule has 4 rings (SSSR count). The number of fused-ring (bicyclic) bond motifs is 1. The molecule has 0 saturated heterocycles. The number of nitrogens with zero attached hydrogens (tertiary/aromatic N) is 6. The number of nitrogen functional groups attached to an aromatic ring is 1. The van der Waals surface area contributed by atoms with Crippen LogP contribution in [0.3, 0.4) is 0 Å². The van der Waals surface area contributed by atoms with E-state index in [4.69, 9.17) is 11.3 Å². The second-order valence-electron chi connectivity index (χ2n) is 7.18. The van der Waals surface area contributed by atoms with Gasteiger partial charge in [-0.3, -0.25) is 0 Å². The van der Waals surface area contributed by atoms with Crippen molar-refractivity contribution in [3.05, 3.63) is 72.7 Å². The molecule has 1 atom stereocenters. The highest BCUT2D eigenvalue weighted by Gasteiger charge is 2.34. The van der Waals surface area contributed by atoms with Gasteiger partial charge in [0.2, 0.25) is 5.82 Å². The number of nitrogens with one attached hydrogen (secondary N) is 2. The minimum absolute atomic E-state index is 0.101. The van der Waals surface area contributed by atoms with E-state index in [-0.39, 0.29) is 22.8 Å². The molecular formula is C21H17F4N9. The van der Waals surface area contributed by atoms with Crippen LogP contribution in [0, 0.1) is 11.3 Å². The average molecular weight is 471 g/mol. The Morgan fingerprint density at radius 2 is 1.88 bits per heavy atom. The highest BCUT2D eigenvalue weighted by atomic mass is 19.4. The number of alkyl halides is 3. The summed E-state index contributed by atoms with van der Waals surface area (Å²) in [5.74, 6) is -1.65. The summed E-state index contributed by atoms with van der Waals surface area (Å²) in [5, 5.41) is 6.70. The van der Waals surface area contributed by atoms with Gasteiger partial charge in [0.1, 0.15) is 29.3 Å². The lowest BCUT2D eigenvalue weighted by atomic mass is 10.1. The Balaban J connectivity index is 1.77. The Morgan fingerprint density at radius 3 is 2.53 bits per heavy atom. The zero-order valence-corrected chi connectivity index (χ0v) is 17.5. The van der Waals surface area contributed by atoms with Crippen LogP contribution in [0.1, 0.15) is 18.8 Å². The normalized spacial score (nSPS) is 13.1. The molecule has 1 unspecified atom stereocenters. The van der Waals surface area contributed by atoms with Crippen molar-refractivity contribution in [2.24, 2.45) is 5.11 Å². The smallest absolute Gasteiger partial charge is 0.383 e. The second kappa shape index (κ2) is 8.84. The Labute approximate surface area is 189 Å². The molecule has 4 aromatic rings. The van der Waals surface area contributed by atoms with E-state index in [9.17, 15) is 17.6 Å². The molecule has 0 aliphatic rings. The van der Waals surface area contributed by atoms with Crippen molar-refractivity contribution < 1.29 is 17.6 Å². The lowest BCUT2D eigenvalue weighted by Crippen LogP contribution is -2.10. The van der Waals surface area contributed by atoms with Crippen LogP contribution in [-0.4, -0.2) is 24.5 Å². The van der Waals surface area contributed by atoms with Crippen molar-refractivity contribution in [1.82, 2.24) is 24.5 Å². The summed E-state index contributed by atoms with van der Waals surface area (Å²) < 4.78 is 54.2. The largest absolute Gasteiger partial charge is 0.451 e. The third-order valence-corrected chi connectivity index (χ3v) is 5.08. The standard InChI is InChI=1S/C21H17F4N9/c1-11(16(33-27)8-28-15-5-3-2-4-14(15)22)34-9-13(17-18(26)31-10-32-19(17)34)12-6-29-20(30-7-12)21(23,24)25/h2-11,27-28H,1H3,(H2,26,31,32)/b16-8-,33-27?. The van der Waals surface area contributed by atoms with E-state index in [0.717, 1.165) is 12.4 Å². The van der Waals surface area contributed by atoms with Gasteiger partial charge in [0.05, 0.1) is 17.1 Å². The number of hydrogen-bond acceptors (Lipinski definition) is 8. The molecule has 4 N–H and O–H groups in total. The lowest BCUT2D eigenvalue weighted by Gasteiger charge is -2.15.